The fourth-order valence-electron chi connectivity index (χ4n) is 9.03. The molecule has 0 bridgehead atoms. The van der Waals surface area contributed by atoms with E-state index < -0.39 is 0 Å². The average Bonchev–Trinajstić information content (AvgIpc) is 3.80. The summed E-state index contributed by atoms with van der Waals surface area (Å²) in [5.41, 5.74) is 9.14. The Kier molecular flexibility index (Phi) is 6.28. The van der Waals surface area contributed by atoms with Crippen molar-refractivity contribution < 1.29 is 4.42 Å². The molecule has 0 spiro atoms. The summed E-state index contributed by atoms with van der Waals surface area (Å²) < 4.78 is 9.43. The van der Waals surface area contributed by atoms with Crippen molar-refractivity contribution in [3.8, 4) is 33.4 Å². The second kappa shape index (κ2) is 11.4. The Bertz CT molecular complexity index is 3450. The molecule has 54 heavy (non-hydrogen) atoms. The van der Waals surface area contributed by atoms with Gasteiger partial charge in [-0.15, -0.1) is 11.3 Å². The zero-order chi connectivity index (χ0) is 35.3. The first-order valence-electron chi connectivity index (χ1n) is 18.5. The molecule has 0 radical (unpaired) electrons. The molecule has 0 amide bonds. The Balaban J connectivity index is 1.04. The number of rotatable bonds is 3. The predicted octanol–water partition coefficient (Wildman–Crippen LogP) is 15.6. The molecule has 12 aromatic rings. The predicted molar refractivity (Wildman–Crippen MR) is 233 cm³/mol. The first-order chi connectivity index (χ1) is 26.8. The maximum Gasteiger partial charge on any atom is 0.136 e. The molecule has 10 aromatic carbocycles. The highest BCUT2D eigenvalue weighted by Gasteiger charge is 2.20. The minimum atomic E-state index is 0.900. The highest BCUT2D eigenvalue weighted by Crippen LogP contribution is 2.47. The Labute approximate surface area is 314 Å². The van der Waals surface area contributed by atoms with Gasteiger partial charge in [0.25, 0.3) is 0 Å². The van der Waals surface area contributed by atoms with Crippen molar-refractivity contribution in [3.05, 3.63) is 182 Å². The lowest BCUT2D eigenvalue weighted by molar-refractivity contribution is 0.669. The maximum atomic E-state index is 6.77. The first-order valence-corrected chi connectivity index (χ1v) is 19.3. The van der Waals surface area contributed by atoms with Crippen LogP contribution in [0.5, 0.6) is 0 Å². The van der Waals surface area contributed by atoms with E-state index in [1.807, 2.05) is 11.3 Å². The van der Waals surface area contributed by atoms with Crippen molar-refractivity contribution in [3.63, 3.8) is 0 Å². The molecule has 0 unspecified atom stereocenters. The standard InChI is InChI=1S/C52H30OS/c1-3-14-35-31(11-1)13-9-21-40(35)50-43-18-7-5-16-41(43)49(42-17-6-8-19-44(42)50)34-25-27-39-38-26-24-33(29-47(38)53-48(39)30-34)37-20-10-22-45-46-28-23-32-12-2-4-15-36(32)51(46)54-52(37)45/h1-30H. The number of hydrogen-bond donors (Lipinski definition) is 0. The van der Waals surface area contributed by atoms with Crippen LogP contribution in [0.1, 0.15) is 0 Å². The van der Waals surface area contributed by atoms with Gasteiger partial charge in [0.1, 0.15) is 11.2 Å². The van der Waals surface area contributed by atoms with E-state index in [1.165, 1.54) is 91.1 Å². The van der Waals surface area contributed by atoms with E-state index >= 15 is 0 Å². The van der Waals surface area contributed by atoms with Gasteiger partial charge in [0.15, 0.2) is 0 Å². The second-order valence-electron chi connectivity index (χ2n) is 14.3. The lowest BCUT2D eigenvalue weighted by Crippen LogP contribution is -1.91. The number of benzene rings is 10. The molecule has 0 aliphatic rings. The van der Waals surface area contributed by atoms with Gasteiger partial charge >= 0.3 is 0 Å². The molecule has 250 valence electrons. The Morgan fingerprint density at radius 2 is 0.778 bits per heavy atom. The smallest absolute Gasteiger partial charge is 0.136 e. The minimum Gasteiger partial charge on any atom is -0.456 e. The monoisotopic (exact) mass is 702 g/mol. The van der Waals surface area contributed by atoms with Crippen molar-refractivity contribution in [1.82, 2.24) is 0 Å². The van der Waals surface area contributed by atoms with E-state index in [0.29, 0.717) is 0 Å². The van der Waals surface area contributed by atoms with Crippen LogP contribution in [-0.4, -0.2) is 0 Å². The highest BCUT2D eigenvalue weighted by molar-refractivity contribution is 7.27. The second-order valence-corrected chi connectivity index (χ2v) is 15.4. The molecule has 0 aliphatic heterocycles. The molecule has 2 heterocycles. The van der Waals surface area contributed by atoms with E-state index in [1.54, 1.807) is 0 Å². The summed E-state index contributed by atoms with van der Waals surface area (Å²) in [5.74, 6) is 0. The Morgan fingerprint density at radius 1 is 0.296 bits per heavy atom. The van der Waals surface area contributed by atoms with Gasteiger partial charge in [0, 0.05) is 30.9 Å². The molecule has 2 heteroatoms. The average molecular weight is 703 g/mol. The number of thiophene rings is 1. The van der Waals surface area contributed by atoms with Crippen LogP contribution in [0.15, 0.2) is 186 Å². The highest BCUT2D eigenvalue weighted by atomic mass is 32.1. The van der Waals surface area contributed by atoms with Gasteiger partial charge in [-0.2, -0.15) is 0 Å². The summed E-state index contributed by atoms with van der Waals surface area (Å²) in [4.78, 5) is 0. The van der Waals surface area contributed by atoms with Gasteiger partial charge in [0.05, 0.1) is 0 Å². The van der Waals surface area contributed by atoms with Crippen LogP contribution in [0.2, 0.25) is 0 Å². The molecule has 0 saturated carbocycles. The van der Waals surface area contributed by atoms with Crippen LogP contribution in [0.4, 0.5) is 0 Å². The van der Waals surface area contributed by atoms with Crippen LogP contribution in [0.25, 0.3) is 119 Å². The number of fused-ring (bicyclic) bond motifs is 11. The fraction of sp³-hybridized carbons (Fsp3) is 0. The first kappa shape index (κ1) is 29.8. The zero-order valence-corrected chi connectivity index (χ0v) is 30.0. The van der Waals surface area contributed by atoms with Gasteiger partial charge in [-0.05, 0) is 101 Å². The van der Waals surface area contributed by atoms with E-state index in [0.717, 1.165) is 27.5 Å². The Hall–Kier alpha value is -6.74. The summed E-state index contributed by atoms with van der Waals surface area (Å²) in [6.07, 6.45) is 0. The van der Waals surface area contributed by atoms with E-state index in [9.17, 15) is 0 Å². The van der Waals surface area contributed by atoms with Crippen molar-refractivity contribution in [2.24, 2.45) is 0 Å². The summed E-state index contributed by atoms with van der Waals surface area (Å²) in [6, 6.07) is 66.6. The van der Waals surface area contributed by atoms with Crippen molar-refractivity contribution in [2.75, 3.05) is 0 Å². The quantitative estimate of drug-likeness (QED) is 0.167. The van der Waals surface area contributed by atoms with Gasteiger partial charge in [-0.25, -0.2) is 0 Å². The largest absolute Gasteiger partial charge is 0.456 e. The van der Waals surface area contributed by atoms with Crippen LogP contribution >= 0.6 is 11.3 Å². The van der Waals surface area contributed by atoms with Crippen LogP contribution in [0.3, 0.4) is 0 Å². The van der Waals surface area contributed by atoms with Crippen molar-refractivity contribution in [1.29, 1.82) is 0 Å². The van der Waals surface area contributed by atoms with Crippen LogP contribution in [-0.2, 0) is 0 Å². The third-order valence-electron chi connectivity index (χ3n) is 11.5. The minimum absolute atomic E-state index is 0.900. The van der Waals surface area contributed by atoms with Gasteiger partial charge in [-0.3, -0.25) is 0 Å². The van der Waals surface area contributed by atoms with E-state index in [2.05, 4.69) is 182 Å². The molecule has 0 atom stereocenters. The van der Waals surface area contributed by atoms with Crippen molar-refractivity contribution >= 4 is 96.5 Å². The maximum absolute atomic E-state index is 6.77. The van der Waals surface area contributed by atoms with Crippen molar-refractivity contribution in [2.45, 2.75) is 0 Å². The van der Waals surface area contributed by atoms with Gasteiger partial charge in [0.2, 0.25) is 0 Å². The van der Waals surface area contributed by atoms with E-state index in [4.69, 9.17) is 4.42 Å². The molecule has 0 aliphatic carbocycles. The SMILES string of the molecule is c1ccc2c(-c3c4ccccc4c(-c4ccc5c(c4)oc4cc(-c6cccc7c6sc6c8ccccc8ccc76)ccc45)c4ccccc34)cccc2c1. The molecular formula is C52H30OS. The molecule has 1 nitrogen and oxygen atoms in total. The zero-order valence-electron chi connectivity index (χ0n) is 29.1. The topological polar surface area (TPSA) is 13.1 Å². The molecule has 0 saturated heterocycles. The summed E-state index contributed by atoms with van der Waals surface area (Å²) >= 11 is 1.89. The molecular weight excluding hydrogens is 673 g/mol. The van der Waals surface area contributed by atoms with Crippen LogP contribution in [0, 0.1) is 0 Å². The molecule has 0 fully saturated rings. The fourth-order valence-corrected chi connectivity index (χ4v) is 10.4. The lowest BCUT2D eigenvalue weighted by Gasteiger charge is -2.18. The molecule has 0 N–H and O–H groups in total. The lowest BCUT2D eigenvalue weighted by atomic mass is 9.84. The summed E-state index contributed by atoms with van der Waals surface area (Å²) in [5, 5.41) is 15.0. The number of hydrogen-bond acceptors (Lipinski definition) is 2. The molecule has 2 aromatic heterocycles. The summed E-state index contributed by atoms with van der Waals surface area (Å²) in [7, 11) is 0. The molecule has 12 rings (SSSR count). The van der Waals surface area contributed by atoms with Gasteiger partial charge < -0.3 is 4.42 Å². The number of furan rings is 1. The third kappa shape index (κ3) is 4.26. The third-order valence-corrected chi connectivity index (χ3v) is 12.7. The van der Waals surface area contributed by atoms with Gasteiger partial charge in [-0.1, -0.05) is 158 Å². The van der Waals surface area contributed by atoms with Crippen LogP contribution < -0.4 is 0 Å². The Morgan fingerprint density at radius 3 is 1.50 bits per heavy atom. The normalized spacial score (nSPS) is 12.1. The van der Waals surface area contributed by atoms with E-state index in [-0.39, 0.29) is 0 Å². The summed E-state index contributed by atoms with van der Waals surface area (Å²) in [6.45, 7) is 0.